The van der Waals surface area contributed by atoms with Gasteiger partial charge in [-0.3, -0.25) is 4.79 Å². The van der Waals surface area contributed by atoms with Crippen LogP contribution in [0, 0.1) is 0 Å². The van der Waals surface area contributed by atoms with E-state index < -0.39 is 0 Å². The number of hydrogen-bond donors (Lipinski definition) is 1. The minimum Gasteiger partial charge on any atom is -0.267 e. The average molecular weight is 359 g/mol. The summed E-state index contributed by atoms with van der Waals surface area (Å²) in [6, 6.07) is 15.5. The van der Waals surface area contributed by atoms with Crippen LogP contribution in [0.15, 0.2) is 63.5 Å². The summed E-state index contributed by atoms with van der Waals surface area (Å²) in [7, 11) is 0. The van der Waals surface area contributed by atoms with Crippen LogP contribution in [0.3, 0.4) is 0 Å². The fourth-order valence-electron chi connectivity index (χ4n) is 1.95. The van der Waals surface area contributed by atoms with Crippen LogP contribution in [0.1, 0.15) is 15.9 Å². The van der Waals surface area contributed by atoms with Gasteiger partial charge in [0.05, 0.1) is 11.8 Å². The number of benzene rings is 2. The monoisotopic (exact) mass is 358 g/mol. The first-order valence-electron chi connectivity index (χ1n) is 6.30. The van der Waals surface area contributed by atoms with Gasteiger partial charge in [0.2, 0.25) is 0 Å². The minimum absolute atomic E-state index is 0.198. The lowest BCUT2D eigenvalue weighted by molar-refractivity contribution is 0.0957. The Morgan fingerprint density at radius 1 is 1.14 bits per heavy atom. The molecule has 2 aromatic carbocycles. The third-order valence-electron chi connectivity index (χ3n) is 3.00. The summed E-state index contributed by atoms with van der Waals surface area (Å²) in [4.78, 5) is 12.2. The lowest BCUT2D eigenvalue weighted by Gasteiger charge is -1.99. The standard InChI is InChI=1S/C16H11BrN2OS/c17-14-7-3-1-5-11(14)9-18-19-16(20)13-10-21-15-8-4-2-6-12(13)15/h1-10H,(H,19,20)/b18-9-. The highest BCUT2D eigenvalue weighted by Gasteiger charge is 2.10. The van der Waals surface area contributed by atoms with Crippen molar-refractivity contribution in [1.82, 2.24) is 5.43 Å². The largest absolute Gasteiger partial charge is 0.272 e. The van der Waals surface area contributed by atoms with Crippen LogP contribution in [0.2, 0.25) is 0 Å². The molecule has 0 atom stereocenters. The van der Waals surface area contributed by atoms with E-state index in [-0.39, 0.29) is 5.91 Å². The quantitative estimate of drug-likeness (QED) is 0.546. The van der Waals surface area contributed by atoms with Crippen molar-refractivity contribution in [2.45, 2.75) is 0 Å². The van der Waals surface area contributed by atoms with Crippen LogP contribution < -0.4 is 5.43 Å². The van der Waals surface area contributed by atoms with E-state index in [2.05, 4.69) is 26.5 Å². The minimum atomic E-state index is -0.198. The Bertz CT molecular complexity index is 826. The molecule has 0 aliphatic carbocycles. The Morgan fingerprint density at radius 2 is 1.90 bits per heavy atom. The van der Waals surface area contributed by atoms with Gasteiger partial charge in [0.15, 0.2) is 0 Å². The van der Waals surface area contributed by atoms with Crippen molar-refractivity contribution < 1.29 is 4.79 Å². The first kappa shape index (κ1) is 14.0. The summed E-state index contributed by atoms with van der Waals surface area (Å²) in [6.45, 7) is 0. The van der Waals surface area contributed by atoms with Gasteiger partial charge < -0.3 is 0 Å². The molecule has 1 heterocycles. The van der Waals surface area contributed by atoms with Gasteiger partial charge >= 0.3 is 0 Å². The van der Waals surface area contributed by atoms with Gasteiger partial charge in [0, 0.05) is 25.5 Å². The second-order valence-electron chi connectivity index (χ2n) is 4.37. The summed E-state index contributed by atoms with van der Waals surface area (Å²) in [5, 5.41) is 6.83. The molecule has 0 aliphatic rings. The molecule has 3 aromatic rings. The molecular weight excluding hydrogens is 348 g/mol. The molecule has 0 radical (unpaired) electrons. The zero-order valence-corrected chi connectivity index (χ0v) is 13.3. The molecule has 104 valence electrons. The Labute approximate surface area is 134 Å². The highest BCUT2D eigenvalue weighted by Crippen LogP contribution is 2.25. The number of carbonyl (C=O) groups excluding carboxylic acids is 1. The predicted molar refractivity (Wildman–Crippen MR) is 91.0 cm³/mol. The van der Waals surface area contributed by atoms with Crippen molar-refractivity contribution in [3.05, 3.63) is 69.5 Å². The van der Waals surface area contributed by atoms with Gasteiger partial charge in [-0.15, -0.1) is 11.3 Å². The zero-order chi connectivity index (χ0) is 14.7. The molecule has 0 saturated carbocycles. The number of halogens is 1. The SMILES string of the molecule is O=C(N/N=C\c1ccccc1Br)c1csc2ccccc12. The topological polar surface area (TPSA) is 41.5 Å². The second kappa shape index (κ2) is 6.20. The molecule has 3 rings (SSSR count). The number of nitrogens with zero attached hydrogens (tertiary/aromatic N) is 1. The molecule has 0 fully saturated rings. The number of rotatable bonds is 3. The molecule has 0 unspecified atom stereocenters. The molecule has 1 amide bonds. The lowest BCUT2D eigenvalue weighted by Crippen LogP contribution is -2.17. The number of amides is 1. The fourth-order valence-corrected chi connectivity index (χ4v) is 3.28. The maximum absolute atomic E-state index is 12.2. The van der Waals surface area contributed by atoms with E-state index in [1.807, 2.05) is 53.9 Å². The van der Waals surface area contributed by atoms with Crippen molar-refractivity contribution >= 4 is 49.5 Å². The second-order valence-corrected chi connectivity index (χ2v) is 6.13. The number of thiophene rings is 1. The average Bonchev–Trinajstić information content (AvgIpc) is 2.93. The third kappa shape index (κ3) is 3.04. The number of carbonyl (C=O) groups is 1. The summed E-state index contributed by atoms with van der Waals surface area (Å²) in [6.07, 6.45) is 1.62. The predicted octanol–water partition coefficient (Wildman–Crippen LogP) is 4.43. The molecule has 0 aliphatic heterocycles. The first-order valence-corrected chi connectivity index (χ1v) is 7.97. The Morgan fingerprint density at radius 3 is 2.76 bits per heavy atom. The molecule has 5 heteroatoms. The number of hydrazone groups is 1. The summed E-state index contributed by atoms with van der Waals surface area (Å²) in [5.41, 5.74) is 4.13. The van der Waals surface area contributed by atoms with Gasteiger partial charge in [0.1, 0.15) is 0 Å². The number of fused-ring (bicyclic) bond motifs is 1. The number of hydrogen-bond acceptors (Lipinski definition) is 3. The molecule has 1 N–H and O–H groups in total. The van der Waals surface area contributed by atoms with Crippen molar-refractivity contribution in [3.8, 4) is 0 Å². The molecule has 3 nitrogen and oxygen atoms in total. The van der Waals surface area contributed by atoms with Crippen LogP contribution in [0.4, 0.5) is 0 Å². The Hall–Kier alpha value is -1.98. The van der Waals surface area contributed by atoms with Crippen LogP contribution in [-0.2, 0) is 0 Å². The molecule has 0 spiro atoms. The summed E-state index contributed by atoms with van der Waals surface area (Å²) < 4.78 is 2.03. The first-order chi connectivity index (χ1) is 10.3. The van der Waals surface area contributed by atoms with Crippen molar-refractivity contribution in [2.24, 2.45) is 5.10 Å². The number of nitrogens with one attached hydrogen (secondary N) is 1. The van der Waals surface area contributed by atoms with Gasteiger partial charge in [-0.05, 0) is 12.1 Å². The lowest BCUT2D eigenvalue weighted by atomic mass is 10.2. The highest BCUT2D eigenvalue weighted by atomic mass is 79.9. The highest BCUT2D eigenvalue weighted by molar-refractivity contribution is 9.10. The van der Waals surface area contributed by atoms with Crippen molar-refractivity contribution in [2.75, 3.05) is 0 Å². The molecular formula is C16H11BrN2OS. The fraction of sp³-hybridized carbons (Fsp3) is 0. The van der Waals surface area contributed by atoms with Gasteiger partial charge in [-0.2, -0.15) is 5.10 Å². The van der Waals surface area contributed by atoms with Crippen LogP contribution >= 0.6 is 27.3 Å². The van der Waals surface area contributed by atoms with Gasteiger partial charge in [0.25, 0.3) is 5.91 Å². The van der Waals surface area contributed by atoms with E-state index >= 15 is 0 Å². The van der Waals surface area contributed by atoms with E-state index in [1.54, 1.807) is 17.6 Å². The van der Waals surface area contributed by atoms with E-state index in [1.165, 1.54) is 0 Å². The van der Waals surface area contributed by atoms with Crippen molar-refractivity contribution in [1.29, 1.82) is 0 Å². The Kier molecular flexibility index (Phi) is 4.13. The normalized spacial score (nSPS) is 11.1. The van der Waals surface area contributed by atoms with Crippen LogP contribution in [0.25, 0.3) is 10.1 Å². The molecule has 1 aromatic heterocycles. The molecule has 0 saturated heterocycles. The van der Waals surface area contributed by atoms with Gasteiger partial charge in [-0.1, -0.05) is 52.3 Å². The third-order valence-corrected chi connectivity index (χ3v) is 4.69. The summed E-state index contributed by atoms with van der Waals surface area (Å²) >= 11 is 4.99. The van der Waals surface area contributed by atoms with Gasteiger partial charge in [-0.25, -0.2) is 5.43 Å². The zero-order valence-electron chi connectivity index (χ0n) is 10.9. The van der Waals surface area contributed by atoms with E-state index in [4.69, 9.17) is 0 Å². The van der Waals surface area contributed by atoms with Crippen LogP contribution in [-0.4, -0.2) is 12.1 Å². The maximum Gasteiger partial charge on any atom is 0.272 e. The van der Waals surface area contributed by atoms with E-state index in [0.29, 0.717) is 5.56 Å². The Balaban J connectivity index is 1.77. The summed E-state index contributed by atoms with van der Waals surface area (Å²) in [5.74, 6) is -0.198. The smallest absolute Gasteiger partial charge is 0.267 e. The van der Waals surface area contributed by atoms with E-state index in [0.717, 1.165) is 20.1 Å². The van der Waals surface area contributed by atoms with E-state index in [9.17, 15) is 4.79 Å². The molecule has 0 bridgehead atoms. The van der Waals surface area contributed by atoms with Crippen LogP contribution in [0.5, 0.6) is 0 Å². The molecule has 21 heavy (non-hydrogen) atoms. The van der Waals surface area contributed by atoms with Crippen molar-refractivity contribution in [3.63, 3.8) is 0 Å². The maximum atomic E-state index is 12.2.